The van der Waals surface area contributed by atoms with E-state index >= 15 is 0 Å². The predicted octanol–water partition coefficient (Wildman–Crippen LogP) is 2.08. The van der Waals surface area contributed by atoms with Gasteiger partial charge >= 0.3 is 0 Å². The van der Waals surface area contributed by atoms with Gasteiger partial charge in [0.2, 0.25) is 0 Å². The van der Waals surface area contributed by atoms with Crippen LogP contribution in [0.5, 0.6) is 5.75 Å². The van der Waals surface area contributed by atoms with Crippen molar-refractivity contribution in [1.29, 1.82) is 0 Å². The van der Waals surface area contributed by atoms with E-state index in [4.69, 9.17) is 9.84 Å². The number of carbonyl (C=O) groups excluding carboxylic acids is 1. The molecular formula is C14H21NO3. The van der Waals surface area contributed by atoms with Crippen LogP contribution in [0.3, 0.4) is 0 Å². The molecule has 1 N–H and O–H groups in total. The average Bonchev–Trinajstić information content (AvgIpc) is 2.36. The number of anilines is 1. The van der Waals surface area contributed by atoms with Crippen molar-refractivity contribution >= 4 is 11.6 Å². The third-order valence-corrected chi connectivity index (χ3v) is 3.04. The van der Waals surface area contributed by atoms with Gasteiger partial charge in [-0.2, -0.15) is 0 Å². The lowest BCUT2D eigenvalue weighted by Crippen LogP contribution is -2.29. The summed E-state index contributed by atoms with van der Waals surface area (Å²) in [5.41, 5.74) is 2.80. The Kier molecular flexibility index (Phi) is 4.73. The van der Waals surface area contributed by atoms with Crippen LogP contribution in [0.15, 0.2) is 12.1 Å². The highest BCUT2D eigenvalue weighted by Gasteiger charge is 2.16. The van der Waals surface area contributed by atoms with Crippen LogP contribution in [0.25, 0.3) is 0 Å². The first-order chi connectivity index (χ1) is 8.42. The third-order valence-electron chi connectivity index (χ3n) is 3.04. The van der Waals surface area contributed by atoms with Crippen LogP contribution in [0, 0.1) is 6.92 Å². The zero-order valence-corrected chi connectivity index (χ0v) is 11.7. The molecule has 18 heavy (non-hydrogen) atoms. The number of methoxy groups -OCH3 is 1. The molecular weight excluding hydrogens is 230 g/mol. The SMILES string of the molecule is COc1cc(C)c(N(C)C(=O)CO)cc1C(C)C. The summed E-state index contributed by atoms with van der Waals surface area (Å²) in [6, 6.07) is 3.87. The Bertz CT molecular complexity index is 441. The molecule has 1 aromatic carbocycles. The first-order valence-corrected chi connectivity index (χ1v) is 5.98. The van der Waals surface area contributed by atoms with Gasteiger partial charge in [0.05, 0.1) is 7.11 Å². The van der Waals surface area contributed by atoms with Gasteiger partial charge in [0.1, 0.15) is 12.4 Å². The van der Waals surface area contributed by atoms with E-state index in [1.165, 1.54) is 4.90 Å². The maximum atomic E-state index is 11.5. The number of rotatable bonds is 4. The van der Waals surface area contributed by atoms with Crippen LogP contribution in [0.1, 0.15) is 30.9 Å². The molecule has 0 fully saturated rings. The minimum absolute atomic E-state index is 0.303. The Morgan fingerprint density at radius 2 is 2.06 bits per heavy atom. The van der Waals surface area contributed by atoms with Crippen LogP contribution < -0.4 is 9.64 Å². The molecule has 0 saturated carbocycles. The Labute approximate surface area is 108 Å². The first-order valence-electron chi connectivity index (χ1n) is 5.98. The van der Waals surface area contributed by atoms with Crippen molar-refractivity contribution in [2.45, 2.75) is 26.7 Å². The number of likely N-dealkylation sites (N-methyl/N-ethyl adjacent to an activating group) is 1. The number of aliphatic hydroxyl groups is 1. The molecule has 0 spiro atoms. The van der Waals surface area contributed by atoms with Crippen molar-refractivity contribution in [1.82, 2.24) is 0 Å². The number of nitrogens with zero attached hydrogens (tertiary/aromatic N) is 1. The minimum Gasteiger partial charge on any atom is -0.496 e. The van der Waals surface area contributed by atoms with Crippen LogP contribution in [-0.2, 0) is 4.79 Å². The van der Waals surface area contributed by atoms with E-state index < -0.39 is 6.61 Å². The molecule has 0 saturated heterocycles. The molecule has 4 nitrogen and oxygen atoms in total. The largest absolute Gasteiger partial charge is 0.496 e. The summed E-state index contributed by atoms with van der Waals surface area (Å²) in [5, 5.41) is 8.92. The zero-order valence-electron chi connectivity index (χ0n) is 11.7. The van der Waals surface area contributed by atoms with E-state index in [1.807, 2.05) is 19.1 Å². The van der Waals surface area contributed by atoms with E-state index in [0.29, 0.717) is 5.92 Å². The average molecular weight is 251 g/mol. The maximum absolute atomic E-state index is 11.5. The normalized spacial score (nSPS) is 10.6. The number of aryl methyl sites for hydroxylation is 1. The van der Waals surface area contributed by atoms with Crippen molar-refractivity contribution in [2.75, 3.05) is 25.7 Å². The number of aliphatic hydroxyl groups excluding tert-OH is 1. The van der Waals surface area contributed by atoms with Gasteiger partial charge in [-0.05, 0) is 36.1 Å². The van der Waals surface area contributed by atoms with Gasteiger partial charge in [-0.1, -0.05) is 13.8 Å². The molecule has 0 bridgehead atoms. The zero-order chi connectivity index (χ0) is 13.9. The van der Waals surface area contributed by atoms with Crippen molar-refractivity contribution in [3.05, 3.63) is 23.3 Å². The summed E-state index contributed by atoms with van der Waals surface area (Å²) in [5.74, 6) is 0.811. The molecule has 1 amide bonds. The van der Waals surface area contributed by atoms with Crippen molar-refractivity contribution in [3.63, 3.8) is 0 Å². The fraction of sp³-hybridized carbons (Fsp3) is 0.500. The Hall–Kier alpha value is -1.55. The maximum Gasteiger partial charge on any atom is 0.252 e. The highest BCUT2D eigenvalue weighted by atomic mass is 16.5. The van der Waals surface area contributed by atoms with E-state index in [1.54, 1.807) is 14.2 Å². The molecule has 100 valence electrons. The molecule has 0 radical (unpaired) electrons. The molecule has 1 rings (SSSR count). The van der Waals surface area contributed by atoms with Gasteiger partial charge < -0.3 is 14.7 Å². The van der Waals surface area contributed by atoms with Crippen molar-refractivity contribution in [3.8, 4) is 5.75 Å². The number of ether oxygens (including phenoxy) is 1. The number of carbonyl (C=O) groups is 1. The minimum atomic E-state index is -0.487. The Balaban J connectivity index is 3.29. The molecule has 0 atom stereocenters. The smallest absolute Gasteiger partial charge is 0.252 e. The van der Waals surface area contributed by atoms with Crippen LogP contribution in [0.2, 0.25) is 0 Å². The number of hydrogen-bond acceptors (Lipinski definition) is 3. The highest BCUT2D eigenvalue weighted by molar-refractivity contribution is 5.94. The third kappa shape index (κ3) is 2.82. The lowest BCUT2D eigenvalue weighted by Gasteiger charge is -2.22. The van der Waals surface area contributed by atoms with Gasteiger partial charge in [0.25, 0.3) is 5.91 Å². The van der Waals surface area contributed by atoms with Crippen LogP contribution in [-0.4, -0.2) is 31.8 Å². The fourth-order valence-corrected chi connectivity index (χ4v) is 1.92. The second-order valence-corrected chi connectivity index (χ2v) is 4.65. The Morgan fingerprint density at radius 3 is 2.50 bits per heavy atom. The molecule has 0 heterocycles. The summed E-state index contributed by atoms with van der Waals surface area (Å²) >= 11 is 0. The summed E-state index contributed by atoms with van der Waals surface area (Å²) in [6.45, 7) is 5.58. The molecule has 0 aliphatic carbocycles. The summed E-state index contributed by atoms with van der Waals surface area (Å²) in [7, 11) is 3.31. The number of benzene rings is 1. The second kappa shape index (κ2) is 5.87. The van der Waals surface area contributed by atoms with Gasteiger partial charge in [0.15, 0.2) is 0 Å². The van der Waals surface area contributed by atoms with Gasteiger partial charge in [-0.3, -0.25) is 4.79 Å². The van der Waals surface area contributed by atoms with Crippen molar-refractivity contribution < 1.29 is 14.6 Å². The molecule has 4 heteroatoms. The van der Waals surface area contributed by atoms with Gasteiger partial charge in [0, 0.05) is 12.7 Å². The standard InChI is InChI=1S/C14H21NO3/c1-9(2)11-7-12(15(4)14(17)8-16)10(3)6-13(11)18-5/h6-7,9,16H,8H2,1-5H3. The molecule has 0 aliphatic rings. The summed E-state index contributed by atoms with van der Waals surface area (Å²) < 4.78 is 5.36. The van der Waals surface area contributed by atoms with Crippen LogP contribution >= 0.6 is 0 Å². The summed E-state index contributed by atoms with van der Waals surface area (Å²) in [6.07, 6.45) is 0. The number of amides is 1. The first kappa shape index (κ1) is 14.5. The lowest BCUT2D eigenvalue weighted by molar-refractivity contribution is -0.120. The Morgan fingerprint density at radius 1 is 1.44 bits per heavy atom. The second-order valence-electron chi connectivity index (χ2n) is 4.65. The quantitative estimate of drug-likeness (QED) is 0.891. The summed E-state index contributed by atoms with van der Waals surface area (Å²) in [4.78, 5) is 13.0. The molecule has 0 aromatic heterocycles. The predicted molar refractivity (Wildman–Crippen MR) is 72.3 cm³/mol. The van der Waals surface area contributed by atoms with Crippen molar-refractivity contribution in [2.24, 2.45) is 0 Å². The van der Waals surface area contributed by atoms with E-state index in [-0.39, 0.29) is 5.91 Å². The van der Waals surface area contributed by atoms with E-state index in [0.717, 1.165) is 22.6 Å². The van der Waals surface area contributed by atoms with E-state index in [2.05, 4.69) is 13.8 Å². The van der Waals surface area contributed by atoms with Gasteiger partial charge in [-0.15, -0.1) is 0 Å². The monoisotopic (exact) mass is 251 g/mol. The number of hydrogen-bond donors (Lipinski definition) is 1. The van der Waals surface area contributed by atoms with E-state index in [9.17, 15) is 4.79 Å². The lowest BCUT2D eigenvalue weighted by atomic mass is 9.98. The molecule has 0 unspecified atom stereocenters. The van der Waals surface area contributed by atoms with Gasteiger partial charge in [-0.25, -0.2) is 0 Å². The van der Waals surface area contributed by atoms with Crippen LogP contribution in [0.4, 0.5) is 5.69 Å². The molecule has 0 aliphatic heterocycles. The topological polar surface area (TPSA) is 49.8 Å². The molecule has 1 aromatic rings. The highest BCUT2D eigenvalue weighted by Crippen LogP contribution is 2.33. The fourth-order valence-electron chi connectivity index (χ4n) is 1.92.